The number of nitrogens with zero attached hydrogens (tertiary/aromatic N) is 4. The summed E-state index contributed by atoms with van der Waals surface area (Å²) >= 11 is 6.56. The fraction of sp³-hybridized carbons (Fsp3) is 0.348. The second-order valence-electron chi connectivity index (χ2n) is 7.74. The van der Waals surface area contributed by atoms with Gasteiger partial charge in [0.05, 0.1) is 16.9 Å². The quantitative estimate of drug-likeness (QED) is 0.626. The molecule has 0 bridgehead atoms. The predicted octanol–water partition coefficient (Wildman–Crippen LogP) is 4.25. The van der Waals surface area contributed by atoms with Crippen LogP contribution in [0.25, 0.3) is 5.69 Å². The zero-order chi connectivity index (χ0) is 21.3. The van der Waals surface area contributed by atoms with Gasteiger partial charge in [-0.2, -0.15) is 0 Å². The van der Waals surface area contributed by atoms with Gasteiger partial charge >= 0.3 is 0 Å². The average Bonchev–Trinajstić information content (AvgIpc) is 2.68. The molecule has 0 spiro atoms. The number of ether oxygens (including phenoxy) is 1. The molecule has 3 aromatic rings. The molecule has 0 atom stereocenters. The van der Waals surface area contributed by atoms with E-state index in [1.54, 1.807) is 26.1 Å². The van der Waals surface area contributed by atoms with Crippen molar-refractivity contribution in [3.63, 3.8) is 0 Å². The molecule has 1 fully saturated rings. The van der Waals surface area contributed by atoms with Crippen LogP contribution in [0.4, 0.5) is 5.82 Å². The van der Waals surface area contributed by atoms with Gasteiger partial charge in [0, 0.05) is 37.7 Å². The number of benzene rings is 1. The first kappa shape index (κ1) is 20.4. The first-order chi connectivity index (χ1) is 14.4. The molecule has 0 N–H and O–H groups in total. The van der Waals surface area contributed by atoms with Crippen molar-refractivity contribution < 1.29 is 4.74 Å². The Bertz CT molecular complexity index is 1120. The Morgan fingerprint density at radius 2 is 1.87 bits per heavy atom. The first-order valence-electron chi connectivity index (χ1n) is 10.1. The molecule has 1 aliphatic heterocycles. The smallest absolute Gasteiger partial charge is 0.258 e. The fourth-order valence-corrected chi connectivity index (χ4v) is 4.18. The molecular weight excluding hydrogens is 400 g/mol. The van der Waals surface area contributed by atoms with Gasteiger partial charge in [-0.1, -0.05) is 23.7 Å². The summed E-state index contributed by atoms with van der Waals surface area (Å²) in [4.78, 5) is 23.5. The highest BCUT2D eigenvalue weighted by Crippen LogP contribution is 2.29. The summed E-state index contributed by atoms with van der Waals surface area (Å²) in [7, 11) is 0. The molecule has 0 amide bonds. The minimum atomic E-state index is -0.139. The van der Waals surface area contributed by atoms with Crippen molar-refractivity contribution in [3.8, 4) is 11.4 Å². The molecule has 7 heteroatoms. The number of pyridine rings is 1. The number of piperidine rings is 1. The Kier molecular flexibility index (Phi) is 5.77. The number of rotatable bonds is 4. The SMILES string of the molecule is Cc1cccc(OC2CCN(c3ncc(-n4c(C)nc(C)cc4=O)cc3Cl)CC2)c1. The van der Waals surface area contributed by atoms with Gasteiger partial charge in [0.15, 0.2) is 0 Å². The standard InChI is InChI=1S/C23H25ClN4O2/c1-15-5-4-6-20(11-15)30-19-7-9-27(10-8-19)23-21(24)13-18(14-25-23)28-17(3)26-16(2)12-22(28)29/h4-6,11-14,19H,7-10H2,1-3H3. The Hall–Kier alpha value is -2.86. The lowest BCUT2D eigenvalue weighted by molar-refractivity contribution is 0.170. The van der Waals surface area contributed by atoms with E-state index < -0.39 is 0 Å². The van der Waals surface area contributed by atoms with E-state index in [0.717, 1.165) is 37.5 Å². The molecule has 0 saturated carbocycles. The van der Waals surface area contributed by atoms with Gasteiger partial charge in [0.1, 0.15) is 23.5 Å². The van der Waals surface area contributed by atoms with Gasteiger partial charge in [-0.15, -0.1) is 0 Å². The zero-order valence-corrected chi connectivity index (χ0v) is 18.2. The Balaban J connectivity index is 1.47. The lowest BCUT2D eigenvalue weighted by Gasteiger charge is -2.33. The van der Waals surface area contributed by atoms with Crippen molar-refractivity contribution in [1.29, 1.82) is 0 Å². The summed E-state index contributed by atoms with van der Waals surface area (Å²) in [5.41, 5.74) is 2.37. The number of aromatic nitrogens is 3. The summed E-state index contributed by atoms with van der Waals surface area (Å²) in [6, 6.07) is 11.4. The Morgan fingerprint density at radius 1 is 1.10 bits per heavy atom. The largest absolute Gasteiger partial charge is 0.490 e. The average molecular weight is 425 g/mol. The number of aryl methyl sites for hydroxylation is 3. The van der Waals surface area contributed by atoms with Crippen LogP contribution in [0.5, 0.6) is 5.75 Å². The van der Waals surface area contributed by atoms with E-state index in [-0.39, 0.29) is 11.7 Å². The van der Waals surface area contributed by atoms with E-state index in [4.69, 9.17) is 16.3 Å². The molecule has 1 aromatic carbocycles. The summed E-state index contributed by atoms with van der Waals surface area (Å²) in [5, 5.41) is 0.525. The number of hydrogen-bond acceptors (Lipinski definition) is 5. The number of halogens is 1. The molecule has 3 heterocycles. The monoisotopic (exact) mass is 424 g/mol. The van der Waals surface area contributed by atoms with Crippen LogP contribution in [0.2, 0.25) is 5.02 Å². The molecule has 1 aliphatic rings. The molecule has 2 aromatic heterocycles. The van der Waals surface area contributed by atoms with Crippen LogP contribution in [0.1, 0.15) is 29.9 Å². The summed E-state index contributed by atoms with van der Waals surface area (Å²) in [6.07, 6.45) is 3.66. The van der Waals surface area contributed by atoms with E-state index in [2.05, 4.69) is 33.9 Å². The van der Waals surface area contributed by atoms with Crippen molar-refractivity contribution in [2.75, 3.05) is 18.0 Å². The number of anilines is 1. The van der Waals surface area contributed by atoms with E-state index in [1.807, 2.05) is 12.1 Å². The lowest BCUT2D eigenvalue weighted by atomic mass is 10.1. The van der Waals surface area contributed by atoms with E-state index in [1.165, 1.54) is 16.2 Å². The highest BCUT2D eigenvalue weighted by Gasteiger charge is 2.23. The van der Waals surface area contributed by atoms with Crippen LogP contribution in [0, 0.1) is 20.8 Å². The van der Waals surface area contributed by atoms with Crippen LogP contribution in [-0.2, 0) is 0 Å². The summed E-state index contributed by atoms with van der Waals surface area (Å²) < 4.78 is 7.66. The van der Waals surface area contributed by atoms with E-state index in [0.29, 0.717) is 22.2 Å². The second-order valence-corrected chi connectivity index (χ2v) is 8.15. The van der Waals surface area contributed by atoms with E-state index in [9.17, 15) is 4.79 Å². The maximum Gasteiger partial charge on any atom is 0.258 e. The topological polar surface area (TPSA) is 60.2 Å². The third-order valence-electron chi connectivity index (χ3n) is 5.31. The molecule has 0 unspecified atom stereocenters. The molecule has 0 radical (unpaired) electrons. The van der Waals surface area contributed by atoms with Gasteiger partial charge in [0.2, 0.25) is 0 Å². The van der Waals surface area contributed by atoms with Crippen molar-refractivity contribution in [2.24, 2.45) is 0 Å². The number of hydrogen-bond donors (Lipinski definition) is 0. The Morgan fingerprint density at radius 3 is 2.53 bits per heavy atom. The van der Waals surface area contributed by atoms with Gasteiger partial charge in [-0.25, -0.2) is 9.97 Å². The van der Waals surface area contributed by atoms with Crippen LogP contribution >= 0.6 is 11.6 Å². The van der Waals surface area contributed by atoms with Gasteiger partial charge in [-0.3, -0.25) is 9.36 Å². The third kappa shape index (κ3) is 4.33. The van der Waals surface area contributed by atoms with E-state index >= 15 is 0 Å². The van der Waals surface area contributed by atoms with Gasteiger partial charge in [-0.05, 0) is 44.5 Å². The molecule has 6 nitrogen and oxygen atoms in total. The highest BCUT2D eigenvalue weighted by molar-refractivity contribution is 6.33. The normalized spacial score (nSPS) is 14.7. The lowest BCUT2D eigenvalue weighted by Crippen LogP contribution is -2.38. The molecule has 1 saturated heterocycles. The molecule has 30 heavy (non-hydrogen) atoms. The maximum atomic E-state index is 12.4. The van der Waals surface area contributed by atoms with Gasteiger partial charge < -0.3 is 9.64 Å². The molecule has 0 aliphatic carbocycles. The minimum absolute atomic E-state index is 0.139. The fourth-order valence-electron chi connectivity index (χ4n) is 3.90. The van der Waals surface area contributed by atoms with Crippen LogP contribution < -0.4 is 15.2 Å². The van der Waals surface area contributed by atoms with Crippen molar-refractivity contribution in [2.45, 2.75) is 39.7 Å². The molecule has 156 valence electrons. The first-order valence-corrected chi connectivity index (χ1v) is 10.5. The molecule has 4 rings (SSSR count). The summed E-state index contributed by atoms with van der Waals surface area (Å²) in [6.45, 7) is 7.30. The molecular formula is C23H25ClN4O2. The van der Waals surface area contributed by atoms with Crippen molar-refractivity contribution in [1.82, 2.24) is 14.5 Å². The Labute approximate surface area is 181 Å². The third-order valence-corrected chi connectivity index (χ3v) is 5.59. The predicted molar refractivity (Wildman–Crippen MR) is 119 cm³/mol. The minimum Gasteiger partial charge on any atom is -0.490 e. The zero-order valence-electron chi connectivity index (χ0n) is 17.4. The van der Waals surface area contributed by atoms with Crippen molar-refractivity contribution in [3.05, 3.63) is 75.1 Å². The van der Waals surface area contributed by atoms with Crippen molar-refractivity contribution >= 4 is 17.4 Å². The second kappa shape index (κ2) is 8.48. The maximum absolute atomic E-state index is 12.4. The van der Waals surface area contributed by atoms with Crippen LogP contribution in [0.3, 0.4) is 0 Å². The van der Waals surface area contributed by atoms with Crippen LogP contribution in [0.15, 0.2) is 47.4 Å². The highest BCUT2D eigenvalue weighted by atomic mass is 35.5. The van der Waals surface area contributed by atoms with Gasteiger partial charge in [0.25, 0.3) is 5.56 Å². The summed E-state index contributed by atoms with van der Waals surface area (Å²) in [5.74, 6) is 2.27. The van der Waals surface area contributed by atoms with Crippen LogP contribution in [-0.4, -0.2) is 33.7 Å².